The largest absolute Gasteiger partial charge is 0.350 e. The van der Waals surface area contributed by atoms with E-state index in [0.29, 0.717) is 5.69 Å². The van der Waals surface area contributed by atoms with Crippen molar-refractivity contribution >= 4 is 5.91 Å². The van der Waals surface area contributed by atoms with Crippen LogP contribution in [0.1, 0.15) is 36.3 Å². The van der Waals surface area contributed by atoms with Gasteiger partial charge in [-0.05, 0) is 54.8 Å². The van der Waals surface area contributed by atoms with E-state index in [-0.39, 0.29) is 17.8 Å². The molecule has 3 rings (SSSR count). The molecule has 2 aromatic rings. The van der Waals surface area contributed by atoms with E-state index >= 15 is 0 Å². The summed E-state index contributed by atoms with van der Waals surface area (Å²) >= 11 is 0. The van der Waals surface area contributed by atoms with Gasteiger partial charge in [-0.15, -0.1) is 0 Å². The highest BCUT2D eigenvalue weighted by Gasteiger charge is 2.19. The maximum absolute atomic E-state index is 13.2. The standard InChI is InChI=1S/C21H29FN4O/c1-3-4-17-13-19(16-5-7-18(22)8-6-16)25-20(17)21(27)24-15(2)14-26-11-9-23-10-12-26/h5-8,13,15,23,25H,3-4,9-12,14H2,1-2H3,(H,24,27)/t15-/m1/s1. The Hall–Kier alpha value is -2.18. The van der Waals surface area contributed by atoms with Crippen LogP contribution in [0.4, 0.5) is 4.39 Å². The Bertz CT molecular complexity index is 750. The molecule has 27 heavy (non-hydrogen) atoms. The fourth-order valence-corrected chi connectivity index (χ4v) is 3.57. The normalized spacial score (nSPS) is 16.3. The highest BCUT2D eigenvalue weighted by atomic mass is 19.1. The van der Waals surface area contributed by atoms with Crippen molar-refractivity contribution in [2.24, 2.45) is 0 Å². The first-order chi connectivity index (χ1) is 13.1. The average Bonchev–Trinajstić information content (AvgIpc) is 3.07. The molecule has 0 bridgehead atoms. The van der Waals surface area contributed by atoms with Crippen LogP contribution < -0.4 is 10.6 Å². The van der Waals surface area contributed by atoms with Gasteiger partial charge in [-0.3, -0.25) is 9.69 Å². The first-order valence-corrected chi connectivity index (χ1v) is 9.78. The Morgan fingerprint density at radius 2 is 1.96 bits per heavy atom. The minimum atomic E-state index is -0.265. The van der Waals surface area contributed by atoms with E-state index in [9.17, 15) is 9.18 Å². The number of nitrogens with one attached hydrogen (secondary N) is 3. The van der Waals surface area contributed by atoms with E-state index in [4.69, 9.17) is 0 Å². The SMILES string of the molecule is CCCc1cc(-c2ccc(F)cc2)[nH]c1C(=O)N[C@H](C)CN1CCNCC1. The predicted octanol–water partition coefficient (Wildman–Crippen LogP) is 2.80. The summed E-state index contributed by atoms with van der Waals surface area (Å²) in [6, 6.07) is 8.40. The summed E-state index contributed by atoms with van der Waals surface area (Å²) in [7, 11) is 0. The second-order valence-corrected chi connectivity index (χ2v) is 7.27. The lowest BCUT2D eigenvalue weighted by molar-refractivity contribution is 0.0921. The molecule has 5 nitrogen and oxygen atoms in total. The van der Waals surface area contributed by atoms with Crippen LogP contribution in [-0.4, -0.2) is 54.6 Å². The third kappa shape index (κ3) is 5.17. The summed E-state index contributed by atoms with van der Waals surface area (Å²) in [5.74, 6) is -0.340. The van der Waals surface area contributed by atoms with Gasteiger partial charge in [-0.1, -0.05) is 13.3 Å². The third-order valence-corrected chi connectivity index (χ3v) is 4.92. The molecule has 2 heterocycles. The number of rotatable bonds is 7. The van der Waals surface area contributed by atoms with Crippen molar-refractivity contribution in [1.29, 1.82) is 0 Å². The van der Waals surface area contributed by atoms with Gasteiger partial charge in [0.2, 0.25) is 0 Å². The number of hydrogen-bond acceptors (Lipinski definition) is 3. The second kappa shape index (κ2) is 9.15. The van der Waals surface area contributed by atoms with Gasteiger partial charge in [0.15, 0.2) is 0 Å². The van der Waals surface area contributed by atoms with Crippen LogP contribution in [0.15, 0.2) is 30.3 Å². The number of nitrogens with zero attached hydrogens (tertiary/aromatic N) is 1. The first-order valence-electron chi connectivity index (χ1n) is 9.78. The highest BCUT2D eigenvalue weighted by molar-refractivity contribution is 5.95. The van der Waals surface area contributed by atoms with Crippen molar-refractivity contribution < 1.29 is 9.18 Å². The molecule has 0 saturated carbocycles. The Morgan fingerprint density at radius 1 is 1.26 bits per heavy atom. The lowest BCUT2D eigenvalue weighted by atomic mass is 10.1. The molecule has 0 radical (unpaired) electrons. The molecule has 1 aromatic carbocycles. The van der Waals surface area contributed by atoms with Crippen molar-refractivity contribution in [1.82, 2.24) is 20.5 Å². The monoisotopic (exact) mass is 372 g/mol. The molecule has 1 aliphatic rings. The van der Waals surface area contributed by atoms with E-state index in [1.54, 1.807) is 12.1 Å². The summed E-state index contributed by atoms with van der Waals surface area (Å²) in [6.07, 6.45) is 1.78. The molecule has 0 aliphatic carbocycles. The molecule has 1 saturated heterocycles. The molecule has 1 amide bonds. The van der Waals surface area contributed by atoms with Gasteiger partial charge in [0.25, 0.3) is 5.91 Å². The van der Waals surface area contributed by atoms with E-state index in [2.05, 4.69) is 27.4 Å². The van der Waals surface area contributed by atoms with E-state index < -0.39 is 0 Å². The summed E-state index contributed by atoms with van der Waals surface area (Å²) in [5, 5.41) is 6.46. The Labute approximate surface area is 160 Å². The van der Waals surface area contributed by atoms with Gasteiger partial charge in [0.1, 0.15) is 11.5 Å². The number of H-pyrrole nitrogens is 1. The number of hydrogen-bond donors (Lipinski definition) is 3. The van der Waals surface area contributed by atoms with E-state index in [1.807, 2.05) is 13.0 Å². The molecular weight excluding hydrogens is 343 g/mol. The van der Waals surface area contributed by atoms with Crippen molar-refractivity contribution in [3.05, 3.63) is 47.4 Å². The lowest BCUT2D eigenvalue weighted by Gasteiger charge is -2.29. The summed E-state index contributed by atoms with van der Waals surface area (Å²) in [5.41, 5.74) is 3.34. The number of halogens is 1. The quantitative estimate of drug-likeness (QED) is 0.700. The zero-order valence-corrected chi connectivity index (χ0v) is 16.1. The lowest BCUT2D eigenvalue weighted by Crippen LogP contribution is -2.49. The molecule has 1 aromatic heterocycles. The van der Waals surface area contributed by atoms with Crippen LogP contribution in [0.25, 0.3) is 11.3 Å². The zero-order chi connectivity index (χ0) is 19.2. The number of carbonyl (C=O) groups excluding carboxylic acids is 1. The van der Waals surface area contributed by atoms with Gasteiger partial charge in [0, 0.05) is 44.5 Å². The van der Waals surface area contributed by atoms with Crippen LogP contribution in [0.5, 0.6) is 0 Å². The minimum Gasteiger partial charge on any atom is -0.350 e. The highest BCUT2D eigenvalue weighted by Crippen LogP contribution is 2.23. The molecule has 1 fully saturated rings. The predicted molar refractivity (Wildman–Crippen MR) is 106 cm³/mol. The van der Waals surface area contributed by atoms with Gasteiger partial charge in [-0.2, -0.15) is 0 Å². The molecule has 1 atom stereocenters. The van der Waals surface area contributed by atoms with Crippen LogP contribution >= 0.6 is 0 Å². The summed E-state index contributed by atoms with van der Waals surface area (Å²) in [6.45, 7) is 9.01. The minimum absolute atomic E-state index is 0.0719. The Balaban J connectivity index is 1.71. The number of aromatic nitrogens is 1. The van der Waals surface area contributed by atoms with Crippen LogP contribution in [0.2, 0.25) is 0 Å². The second-order valence-electron chi connectivity index (χ2n) is 7.27. The Kier molecular flexibility index (Phi) is 6.63. The van der Waals surface area contributed by atoms with Crippen molar-refractivity contribution in [2.45, 2.75) is 32.7 Å². The van der Waals surface area contributed by atoms with Crippen LogP contribution in [0, 0.1) is 5.82 Å². The molecule has 0 spiro atoms. The number of aromatic amines is 1. The fraction of sp³-hybridized carbons (Fsp3) is 0.476. The molecule has 1 aliphatic heterocycles. The van der Waals surface area contributed by atoms with Crippen molar-refractivity contribution in [2.75, 3.05) is 32.7 Å². The Morgan fingerprint density at radius 3 is 2.63 bits per heavy atom. The van der Waals surface area contributed by atoms with Gasteiger partial charge in [0.05, 0.1) is 0 Å². The average molecular weight is 372 g/mol. The molecular formula is C21H29FN4O. The van der Waals surface area contributed by atoms with Gasteiger partial charge in [-0.25, -0.2) is 4.39 Å². The first kappa shape index (κ1) is 19.6. The van der Waals surface area contributed by atoms with Gasteiger partial charge < -0.3 is 15.6 Å². The van der Waals surface area contributed by atoms with Crippen LogP contribution in [0.3, 0.4) is 0 Å². The van der Waals surface area contributed by atoms with Crippen molar-refractivity contribution in [3.63, 3.8) is 0 Å². The van der Waals surface area contributed by atoms with Crippen LogP contribution in [-0.2, 0) is 6.42 Å². The molecule has 3 N–H and O–H groups in total. The zero-order valence-electron chi connectivity index (χ0n) is 16.1. The molecule has 146 valence electrons. The van der Waals surface area contributed by atoms with Crippen molar-refractivity contribution in [3.8, 4) is 11.3 Å². The summed E-state index contributed by atoms with van der Waals surface area (Å²) in [4.78, 5) is 18.5. The number of benzene rings is 1. The third-order valence-electron chi connectivity index (χ3n) is 4.92. The number of amides is 1. The smallest absolute Gasteiger partial charge is 0.268 e. The number of aryl methyl sites for hydroxylation is 1. The summed E-state index contributed by atoms with van der Waals surface area (Å²) < 4.78 is 13.2. The maximum Gasteiger partial charge on any atom is 0.268 e. The molecule has 0 unspecified atom stereocenters. The fourth-order valence-electron chi connectivity index (χ4n) is 3.57. The number of piperazine rings is 1. The topological polar surface area (TPSA) is 60.2 Å². The van der Waals surface area contributed by atoms with E-state index in [0.717, 1.165) is 62.4 Å². The molecule has 6 heteroatoms. The maximum atomic E-state index is 13.2. The number of carbonyl (C=O) groups is 1. The van der Waals surface area contributed by atoms with E-state index in [1.165, 1.54) is 12.1 Å². The van der Waals surface area contributed by atoms with Gasteiger partial charge >= 0.3 is 0 Å².